The molecule has 3 rings (SSSR count). The second kappa shape index (κ2) is 11.1. The van der Waals surface area contributed by atoms with Crippen molar-refractivity contribution < 1.29 is 25.9 Å². The summed E-state index contributed by atoms with van der Waals surface area (Å²) >= 11 is 0. The van der Waals surface area contributed by atoms with Gasteiger partial charge in [0.1, 0.15) is 0 Å². The summed E-state index contributed by atoms with van der Waals surface area (Å²) < 4.78 is 60.9. The molecule has 3 aromatic rings. The number of rotatable bonds is 12. The molecule has 2 heterocycles. The molecule has 0 aliphatic heterocycles. The van der Waals surface area contributed by atoms with Gasteiger partial charge in [-0.05, 0) is 24.3 Å². The summed E-state index contributed by atoms with van der Waals surface area (Å²) in [6.45, 7) is -0.275. The number of benzene rings is 1. The molecule has 1 aromatic carbocycles. The van der Waals surface area contributed by atoms with Gasteiger partial charge in [-0.2, -0.15) is 46.7 Å². The van der Waals surface area contributed by atoms with Gasteiger partial charge < -0.3 is 32.7 Å². The predicted molar refractivity (Wildman–Crippen MR) is 131 cm³/mol. The summed E-state index contributed by atoms with van der Waals surface area (Å²) in [6.07, 6.45) is 0. The number of anilines is 8. The Morgan fingerprint density at radius 2 is 0.944 bits per heavy atom. The number of nitrogens with zero attached hydrogens (tertiary/aromatic N) is 6. The molecule has 2 aromatic heterocycles. The quantitative estimate of drug-likeness (QED) is 0.131. The van der Waals surface area contributed by atoms with Gasteiger partial charge in [0.2, 0.25) is 35.7 Å². The van der Waals surface area contributed by atoms with Crippen LogP contribution in [0.15, 0.2) is 24.3 Å². The molecule has 20 heteroatoms. The van der Waals surface area contributed by atoms with Crippen molar-refractivity contribution >= 4 is 67.3 Å². The zero-order chi connectivity index (χ0) is 26.3. The largest absolute Gasteiger partial charge is 0.368 e. The molecule has 0 atom stereocenters. The van der Waals surface area contributed by atoms with E-state index in [-0.39, 0.29) is 48.8 Å². The Bertz CT molecular complexity index is 1310. The van der Waals surface area contributed by atoms with E-state index >= 15 is 0 Å². The van der Waals surface area contributed by atoms with Gasteiger partial charge in [0, 0.05) is 24.5 Å². The molecule has 0 aliphatic carbocycles. The number of nitrogens with one attached hydrogen (secondary N) is 4. The van der Waals surface area contributed by atoms with E-state index in [9.17, 15) is 16.8 Å². The first-order valence-corrected chi connectivity index (χ1v) is 13.1. The lowest BCUT2D eigenvalue weighted by molar-refractivity contribution is 0.481. The minimum absolute atomic E-state index is 0.0142. The van der Waals surface area contributed by atoms with Crippen LogP contribution < -0.4 is 32.7 Å². The van der Waals surface area contributed by atoms with Gasteiger partial charge in [-0.15, -0.1) is 0 Å². The SMILES string of the molecule is Nc1nc(NCCS(=O)(=O)O)nc(Nc2ccc(Nc3nc(N)nc(NCCS(=O)(=O)O)n3)cc2)n1. The maximum absolute atomic E-state index is 10.8. The Labute approximate surface area is 204 Å². The van der Waals surface area contributed by atoms with E-state index in [0.29, 0.717) is 11.4 Å². The van der Waals surface area contributed by atoms with Crippen molar-refractivity contribution in [2.75, 3.05) is 57.3 Å². The predicted octanol–water partition coefficient (Wildman–Crippen LogP) is -0.692. The van der Waals surface area contributed by atoms with E-state index in [1.807, 2.05) is 0 Å². The van der Waals surface area contributed by atoms with Crippen LogP contribution in [0.4, 0.5) is 47.1 Å². The number of nitrogen functional groups attached to an aromatic ring is 2. The van der Waals surface area contributed by atoms with Crippen LogP contribution in [0.25, 0.3) is 0 Å². The molecule has 0 saturated carbocycles. The fraction of sp³-hybridized carbons (Fsp3) is 0.250. The van der Waals surface area contributed by atoms with Gasteiger partial charge in [-0.1, -0.05) is 0 Å². The maximum atomic E-state index is 10.8. The summed E-state index contributed by atoms with van der Waals surface area (Å²) in [5.74, 6) is -1.11. The Hall–Kier alpha value is -4.14. The van der Waals surface area contributed by atoms with Crippen LogP contribution in [0.1, 0.15) is 0 Å². The molecule has 36 heavy (non-hydrogen) atoms. The number of hydrogen-bond acceptors (Lipinski definition) is 16. The molecule has 0 amide bonds. The minimum Gasteiger partial charge on any atom is -0.368 e. The minimum atomic E-state index is -4.14. The van der Waals surface area contributed by atoms with Crippen molar-refractivity contribution in [3.63, 3.8) is 0 Å². The Kier molecular flexibility index (Phi) is 8.14. The number of aromatic nitrogens is 6. The van der Waals surface area contributed by atoms with Gasteiger partial charge in [0.25, 0.3) is 20.2 Å². The molecule has 0 spiro atoms. The van der Waals surface area contributed by atoms with Gasteiger partial charge in [0.15, 0.2) is 0 Å². The second-order valence-corrected chi connectivity index (χ2v) is 10.1. The first-order chi connectivity index (χ1) is 16.8. The summed E-state index contributed by atoms with van der Waals surface area (Å²) in [7, 11) is -8.29. The molecule has 194 valence electrons. The standard InChI is InChI=1S/C16H22N12O6S2/c17-11-23-13(19-5-7-35(29,30)31)27-15(25-11)21-9-1-2-10(4-3-9)22-16-26-12(18)24-14(28-16)20-6-8-36(32,33)34/h1-4H,5-8H2,(H,29,30,31)(H,32,33,34)(H4,17,19,21,23,25,27)(H4,18,20,22,24,26,28). The first-order valence-electron chi connectivity index (χ1n) is 9.90. The van der Waals surface area contributed by atoms with Crippen LogP contribution in [0.3, 0.4) is 0 Å². The zero-order valence-electron chi connectivity index (χ0n) is 18.3. The molecule has 10 N–H and O–H groups in total. The van der Waals surface area contributed by atoms with Gasteiger partial charge in [-0.3, -0.25) is 9.11 Å². The Morgan fingerprint density at radius 3 is 1.28 bits per heavy atom. The smallest absolute Gasteiger partial charge is 0.266 e. The van der Waals surface area contributed by atoms with Gasteiger partial charge >= 0.3 is 0 Å². The second-order valence-electron chi connectivity index (χ2n) is 6.93. The van der Waals surface area contributed by atoms with E-state index < -0.39 is 31.7 Å². The van der Waals surface area contributed by atoms with Crippen molar-refractivity contribution in [3.05, 3.63) is 24.3 Å². The van der Waals surface area contributed by atoms with E-state index in [2.05, 4.69) is 51.2 Å². The molecule has 0 aliphatic rings. The van der Waals surface area contributed by atoms with E-state index in [1.165, 1.54) is 0 Å². The zero-order valence-corrected chi connectivity index (χ0v) is 20.0. The molecule has 18 nitrogen and oxygen atoms in total. The Balaban J connectivity index is 1.63. The van der Waals surface area contributed by atoms with Crippen LogP contribution in [0.5, 0.6) is 0 Å². The highest BCUT2D eigenvalue weighted by molar-refractivity contribution is 7.86. The summed E-state index contributed by atoms with van der Waals surface area (Å²) in [5, 5.41) is 11.1. The lowest BCUT2D eigenvalue weighted by Crippen LogP contribution is -2.17. The highest BCUT2D eigenvalue weighted by atomic mass is 32.2. The fourth-order valence-electron chi connectivity index (χ4n) is 2.53. The number of nitrogens with two attached hydrogens (primary N) is 2. The monoisotopic (exact) mass is 542 g/mol. The Morgan fingerprint density at radius 1 is 0.611 bits per heavy atom. The van der Waals surface area contributed by atoms with Crippen LogP contribution in [-0.4, -0.2) is 80.4 Å². The first kappa shape index (κ1) is 26.5. The summed E-state index contributed by atoms with van der Waals surface area (Å²) in [4.78, 5) is 23.8. The molecule has 0 fully saturated rings. The van der Waals surface area contributed by atoms with E-state index in [4.69, 9.17) is 20.6 Å². The molecule has 0 saturated heterocycles. The average Bonchev–Trinajstić information content (AvgIpc) is 2.72. The summed E-state index contributed by atoms with van der Waals surface area (Å²) in [5.41, 5.74) is 12.5. The van der Waals surface area contributed by atoms with Crippen molar-refractivity contribution in [3.8, 4) is 0 Å². The highest BCUT2D eigenvalue weighted by Crippen LogP contribution is 2.20. The number of hydrogen-bond donors (Lipinski definition) is 8. The van der Waals surface area contributed by atoms with Gasteiger partial charge in [-0.25, -0.2) is 0 Å². The van der Waals surface area contributed by atoms with Crippen molar-refractivity contribution in [2.24, 2.45) is 0 Å². The third-order valence-corrected chi connectivity index (χ3v) is 5.43. The maximum Gasteiger partial charge on any atom is 0.266 e. The lowest BCUT2D eigenvalue weighted by Gasteiger charge is -2.10. The highest BCUT2D eigenvalue weighted by Gasteiger charge is 2.10. The van der Waals surface area contributed by atoms with Crippen molar-refractivity contribution in [1.29, 1.82) is 0 Å². The van der Waals surface area contributed by atoms with Crippen molar-refractivity contribution in [1.82, 2.24) is 29.9 Å². The lowest BCUT2D eigenvalue weighted by atomic mass is 10.3. The van der Waals surface area contributed by atoms with Gasteiger partial charge in [0.05, 0.1) is 11.5 Å². The molecular formula is C16H22N12O6S2. The van der Waals surface area contributed by atoms with Crippen LogP contribution in [0.2, 0.25) is 0 Å². The van der Waals surface area contributed by atoms with E-state index in [0.717, 1.165) is 0 Å². The van der Waals surface area contributed by atoms with E-state index in [1.54, 1.807) is 24.3 Å². The van der Waals surface area contributed by atoms with Crippen LogP contribution >= 0.6 is 0 Å². The average molecular weight is 543 g/mol. The van der Waals surface area contributed by atoms with Crippen LogP contribution in [0, 0.1) is 0 Å². The third-order valence-electron chi connectivity index (χ3n) is 3.99. The topological polar surface area (TPSA) is 286 Å². The molecular weight excluding hydrogens is 520 g/mol. The normalized spacial score (nSPS) is 11.6. The third kappa shape index (κ3) is 9.25. The van der Waals surface area contributed by atoms with Crippen molar-refractivity contribution in [2.45, 2.75) is 0 Å². The molecule has 0 bridgehead atoms. The fourth-order valence-corrected chi connectivity index (χ4v) is 3.25. The molecule has 0 unspecified atom stereocenters. The molecule has 0 radical (unpaired) electrons. The summed E-state index contributed by atoms with van der Waals surface area (Å²) in [6, 6.07) is 6.68. The van der Waals surface area contributed by atoms with Crippen LogP contribution in [-0.2, 0) is 20.2 Å².